The highest BCUT2D eigenvalue weighted by Gasteiger charge is 2.48. The molecule has 1 aromatic carbocycles. The summed E-state index contributed by atoms with van der Waals surface area (Å²) in [6, 6.07) is 6.68. The second-order valence-electron chi connectivity index (χ2n) is 8.29. The quantitative estimate of drug-likeness (QED) is 0.295. The van der Waals surface area contributed by atoms with Gasteiger partial charge in [-0.05, 0) is 18.6 Å². The maximum Gasteiger partial charge on any atom is 0.407 e. The zero-order chi connectivity index (χ0) is 25.5. The Morgan fingerprint density at radius 2 is 1.69 bits per heavy atom. The molecule has 0 aromatic heterocycles. The first-order valence-electron chi connectivity index (χ1n) is 11.6. The molecule has 192 valence electrons. The van der Waals surface area contributed by atoms with E-state index in [-0.39, 0.29) is 50.2 Å². The third-order valence-corrected chi connectivity index (χ3v) is 6.00. The van der Waals surface area contributed by atoms with Crippen molar-refractivity contribution in [1.29, 1.82) is 0 Å². The molecule has 3 amide bonds. The van der Waals surface area contributed by atoms with Gasteiger partial charge in [-0.15, -0.1) is 0 Å². The summed E-state index contributed by atoms with van der Waals surface area (Å²) < 4.78 is 28.3. The molecule has 5 atom stereocenters. The molecule has 11 nitrogen and oxygen atoms in total. The maximum absolute atomic E-state index is 12.4. The Balaban J connectivity index is 1.52. The van der Waals surface area contributed by atoms with Crippen LogP contribution in [0.4, 0.5) is 4.79 Å². The molecule has 0 aliphatic carbocycles. The number of carbonyl (C=O) groups excluding carboxylic acids is 4. The number of fused-ring (bicyclic) bond motifs is 1. The van der Waals surface area contributed by atoms with E-state index in [0.717, 1.165) is 4.90 Å². The van der Waals surface area contributed by atoms with Crippen LogP contribution in [-0.4, -0.2) is 86.8 Å². The number of imide groups is 1. The summed E-state index contributed by atoms with van der Waals surface area (Å²) in [5.74, 6) is -1.41. The van der Waals surface area contributed by atoms with Gasteiger partial charge in [0.1, 0.15) is 6.10 Å². The zero-order valence-electron chi connectivity index (χ0n) is 20.4. The van der Waals surface area contributed by atoms with Crippen LogP contribution in [0.2, 0.25) is 0 Å². The van der Waals surface area contributed by atoms with Gasteiger partial charge in [-0.1, -0.05) is 26.0 Å². The molecule has 0 radical (unpaired) electrons. The van der Waals surface area contributed by atoms with Crippen molar-refractivity contribution in [2.45, 2.75) is 51.8 Å². The second-order valence-corrected chi connectivity index (χ2v) is 8.29. The number of carbonyl (C=O) groups is 4. The average molecular weight is 493 g/mol. The van der Waals surface area contributed by atoms with Gasteiger partial charge >= 0.3 is 12.1 Å². The van der Waals surface area contributed by atoms with E-state index >= 15 is 0 Å². The summed E-state index contributed by atoms with van der Waals surface area (Å²) >= 11 is 0. The van der Waals surface area contributed by atoms with Crippen molar-refractivity contribution in [3.63, 3.8) is 0 Å². The van der Waals surface area contributed by atoms with E-state index in [0.29, 0.717) is 17.5 Å². The van der Waals surface area contributed by atoms with Crippen LogP contribution >= 0.6 is 0 Å². The number of ether oxygens (including phenoxy) is 5. The molecule has 1 N–H and O–H groups in total. The second kappa shape index (κ2) is 12.1. The van der Waals surface area contributed by atoms with Crippen molar-refractivity contribution in [1.82, 2.24) is 10.2 Å². The van der Waals surface area contributed by atoms with Gasteiger partial charge in [-0.2, -0.15) is 0 Å². The van der Waals surface area contributed by atoms with Crippen LogP contribution in [0.25, 0.3) is 0 Å². The number of benzene rings is 1. The molecule has 1 saturated heterocycles. The van der Waals surface area contributed by atoms with Gasteiger partial charge in [0.15, 0.2) is 12.4 Å². The van der Waals surface area contributed by atoms with Crippen LogP contribution in [-0.2, 0) is 28.5 Å². The highest BCUT2D eigenvalue weighted by atomic mass is 16.7. The number of hydrogen-bond donors (Lipinski definition) is 1. The molecule has 3 rings (SSSR count). The molecular weight excluding hydrogens is 460 g/mol. The first-order chi connectivity index (χ1) is 16.8. The fourth-order valence-electron chi connectivity index (χ4n) is 4.24. The molecule has 35 heavy (non-hydrogen) atoms. The maximum atomic E-state index is 12.4. The van der Waals surface area contributed by atoms with Crippen LogP contribution in [0.1, 0.15) is 47.9 Å². The minimum Gasteiger partial charge on any atom is -0.458 e. The normalized spacial score (nSPS) is 25.8. The van der Waals surface area contributed by atoms with Gasteiger partial charge in [-0.25, -0.2) is 4.79 Å². The fraction of sp³-hybridized carbons (Fsp3) is 0.583. The van der Waals surface area contributed by atoms with Crippen molar-refractivity contribution in [3.05, 3.63) is 35.4 Å². The van der Waals surface area contributed by atoms with Gasteiger partial charge in [0, 0.05) is 19.9 Å². The lowest BCUT2D eigenvalue weighted by molar-refractivity contribution is -0.287. The molecule has 1 aromatic rings. The van der Waals surface area contributed by atoms with Crippen LogP contribution < -0.4 is 5.32 Å². The van der Waals surface area contributed by atoms with E-state index in [2.05, 4.69) is 5.32 Å². The van der Waals surface area contributed by atoms with E-state index in [4.69, 9.17) is 23.7 Å². The average Bonchev–Trinajstić information content (AvgIpc) is 3.09. The first kappa shape index (κ1) is 26.6. The van der Waals surface area contributed by atoms with E-state index in [1.165, 1.54) is 14.0 Å². The predicted octanol–water partition coefficient (Wildman–Crippen LogP) is 1.74. The van der Waals surface area contributed by atoms with E-state index in [1.54, 1.807) is 24.3 Å². The Morgan fingerprint density at radius 3 is 2.26 bits per heavy atom. The number of rotatable bonds is 10. The van der Waals surface area contributed by atoms with E-state index in [9.17, 15) is 19.2 Å². The molecule has 0 bridgehead atoms. The van der Waals surface area contributed by atoms with Crippen molar-refractivity contribution in [2.24, 2.45) is 5.92 Å². The van der Waals surface area contributed by atoms with Gasteiger partial charge in [-0.3, -0.25) is 19.3 Å². The summed E-state index contributed by atoms with van der Waals surface area (Å²) in [6.07, 6.45) is -3.04. The number of alkyl carbamates (subject to hydrolysis) is 1. The van der Waals surface area contributed by atoms with Gasteiger partial charge in [0.25, 0.3) is 11.8 Å². The molecule has 11 heteroatoms. The van der Waals surface area contributed by atoms with Crippen LogP contribution in [0.3, 0.4) is 0 Å². The number of nitrogens with one attached hydrogen (secondary N) is 1. The lowest BCUT2D eigenvalue weighted by Gasteiger charge is -2.43. The predicted molar refractivity (Wildman–Crippen MR) is 122 cm³/mol. The summed E-state index contributed by atoms with van der Waals surface area (Å²) in [5.41, 5.74) is 0.777. The van der Waals surface area contributed by atoms with Crippen molar-refractivity contribution >= 4 is 23.9 Å². The molecule has 0 spiro atoms. The van der Waals surface area contributed by atoms with E-state index in [1.807, 2.05) is 13.8 Å². The van der Waals surface area contributed by atoms with Crippen molar-refractivity contribution in [3.8, 4) is 0 Å². The molecule has 2 heterocycles. The summed E-state index contributed by atoms with van der Waals surface area (Å²) in [7, 11) is 1.42. The Labute approximate surface area is 204 Å². The molecule has 2 aliphatic rings. The third kappa shape index (κ3) is 6.16. The minimum absolute atomic E-state index is 0.0813. The molecule has 2 aliphatic heterocycles. The van der Waals surface area contributed by atoms with Gasteiger partial charge in [0.05, 0.1) is 43.6 Å². The summed E-state index contributed by atoms with van der Waals surface area (Å²) in [5, 5.41) is 2.37. The Bertz CT molecular complexity index is 902. The Morgan fingerprint density at radius 1 is 1.03 bits per heavy atom. The third-order valence-electron chi connectivity index (χ3n) is 6.00. The van der Waals surface area contributed by atoms with Crippen molar-refractivity contribution < 1.29 is 42.9 Å². The monoisotopic (exact) mass is 492 g/mol. The molecule has 0 unspecified atom stereocenters. The summed E-state index contributed by atoms with van der Waals surface area (Å²) in [6.45, 7) is 5.55. The fourth-order valence-corrected chi connectivity index (χ4v) is 4.24. The highest BCUT2D eigenvalue weighted by molar-refractivity contribution is 6.21. The standard InChI is InChI=1S/C24H32N2O9/c1-5-18-14(2)19(33-15(3)27)20(35-24(30)25-4)23(34-18)32-13-12-31-11-10-26-21(28)16-8-6-7-9-17(16)22(26)29/h6-9,14,18-20,23H,5,10-13H2,1-4H3,(H,25,30)/t14-,18-,19+,20+,23+/m1/s1. The number of esters is 1. The topological polar surface area (TPSA) is 130 Å². The lowest BCUT2D eigenvalue weighted by Crippen LogP contribution is -2.58. The largest absolute Gasteiger partial charge is 0.458 e. The van der Waals surface area contributed by atoms with Crippen LogP contribution in [0.15, 0.2) is 24.3 Å². The van der Waals surface area contributed by atoms with Crippen LogP contribution in [0.5, 0.6) is 0 Å². The first-order valence-corrected chi connectivity index (χ1v) is 11.6. The summed E-state index contributed by atoms with van der Waals surface area (Å²) in [4.78, 5) is 49.6. The number of amides is 3. The van der Waals surface area contributed by atoms with Gasteiger partial charge in [0.2, 0.25) is 0 Å². The number of hydrogen-bond acceptors (Lipinski definition) is 9. The zero-order valence-corrected chi connectivity index (χ0v) is 20.4. The number of nitrogens with zero attached hydrogens (tertiary/aromatic N) is 1. The lowest BCUT2D eigenvalue weighted by atomic mass is 9.89. The Kier molecular flexibility index (Phi) is 9.19. The smallest absolute Gasteiger partial charge is 0.407 e. The molecule has 0 saturated carbocycles. The Hall–Kier alpha value is -3.02. The van der Waals surface area contributed by atoms with Gasteiger partial charge < -0.3 is 29.0 Å². The van der Waals surface area contributed by atoms with Crippen molar-refractivity contribution in [2.75, 3.05) is 33.4 Å². The van der Waals surface area contributed by atoms with E-state index < -0.39 is 30.6 Å². The highest BCUT2D eigenvalue weighted by Crippen LogP contribution is 2.32. The van der Waals surface area contributed by atoms with Crippen LogP contribution in [0, 0.1) is 5.92 Å². The molecular formula is C24H32N2O9. The molecule has 1 fully saturated rings. The SMILES string of the molecule is CC[C@H]1O[C@H](OCCOCCN2C(=O)c3ccccc3C2=O)[C@@H](OC(=O)NC)[C@@H](OC(C)=O)[C@@H]1C. The minimum atomic E-state index is -0.977.